The predicted molar refractivity (Wildman–Crippen MR) is 79.8 cm³/mol. The molecular formula is C16H25NO3. The fraction of sp³-hybridized carbons (Fsp3) is 0.562. The number of benzene rings is 1. The number of hydrogen-bond donors (Lipinski definition) is 2. The lowest BCUT2D eigenvalue weighted by molar-refractivity contribution is -0.121. The minimum absolute atomic E-state index is 0.0448. The molecule has 0 saturated carbocycles. The van der Waals surface area contributed by atoms with Crippen molar-refractivity contribution in [1.29, 1.82) is 0 Å². The van der Waals surface area contributed by atoms with E-state index in [1.165, 1.54) is 5.56 Å². The first kappa shape index (κ1) is 16.5. The highest BCUT2D eigenvalue weighted by Crippen LogP contribution is 2.12. The fourth-order valence-corrected chi connectivity index (χ4v) is 1.84. The van der Waals surface area contributed by atoms with Crippen molar-refractivity contribution in [2.75, 3.05) is 13.2 Å². The molecule has 2 N–H and O–H groups in total. The zero-order chi connectivity index (χ0) is 14.8. The quantitative estimate of drug-likeness (QED) is 0.683. The summed E-state index contributed by atoms with van der Waals surface area (Å²) in [6.45, 7) is 4.95. The zero-order valence-corrected chi connectivity index (χ0v) is 12.4. The van der Waals surface area contributed by atoms with Crippen LogP contribution in [0.3, 0.4) is 0 Å². The van der Waals surface area contributed by atoms with Gasteiger partial charge in [-0.1, -0.05) is 12.1 Å². The van der Waals surface area contributed by atoms with E-state index in [-0.39, 0.29) is 12.0 Å². The van der Waals surface area contributed by atoms with Crippen molar-refractivity contribution in [3.63, 3.8) is 0 Å². The van der Waals surface area contributed by atoms with Gasteiger partial charge in [0, 0.05) is 13.0 Å². The molecule has 0 aromatic heterocycles. The van der Waals surface area contributed by atoms with Gasteiger partial charge in [0.05, 0.1) is 12.7 Å². The monoisotopic (exact) mass is 279 g/mol. The molecule has 1 unspecified atom stereocenters. The summed E-state index contributed by atoms with van der Waals surface area (Å²) in [5.74, 6) is 0.894. The highest BCUT2D eigenvalue weighted by Gasteiger charge is 2.02. The first-order chi connectivity index (χ1) is 9.58. The number of rotatable bonds is 9. The molecule has 0 heterocycles. The second-order valence-electron chi connectivity index (χ2n) is 5.11. The lowest BCUT2D eigenvalue weighted by Gasteiger charge is -2.08. The van der Waals surface area contributed by atoms with Gasteiger partial charge in [-0.3, -0.25) is 4.79 Å². The molecule has 0 fully saturated rings. The minimum atomic E-state index is -0.297. The van der Waals surface area contributed by atoms with E-state index in [1.54, 1.807) is 6.92 Å². The summed E-state index contributed by atoms with van der Waals surface area (Å²) in [6.07, 6.45) is 2.41. The molecule has 0 saturated heterocycles. The summed E-state index contributed by atoms with van der Waals surface area (Å²) >= 11 is 0. The van der Waals surface area contributed by atoms with Crippen LogP contribution in [0.2, 0.25) is 0 Å². The van der Waals surface area contributed by atoms with E-state index in [1.807, 2.05) is 31.2 Å². The van der Waals surface area contributed by atoms with Gasteiger partial charge in [0.15, 0.2) is 0 Å². The van der Waals surface area contributed by atoms with Crippen molar-refractivity contribution in [2.45, 2.75) is 45.6 Å². The minimum Gasteiger partial charge on any atom is -0.494 e. The highest BCUT2D eigenvalue weighted by molar-refractivity contribution is 5.75. The van der Waals surface area contributed by atoms with E-state index in [0.717, 1.165) is 18.6 Å². The lowest BCUT2D eigenvalue weighted by Crippen LogP contribution is -2.25. The third kappa shape index (κ3) is 7.79. The van der Waals surface area contributed by atoms with E-state index in [2.05, 4.69) is 5.32 Å². The van der Waals surface area contributed by atoms with Crippen molar-refractivity contribution in [3.05, 3.63) is 29.8 Å². The largest absolute Gasteiger partial charge is 0.494 e. The Morgan fingerprint density at radius 2 is 2.20 bits per heavy atom. The van der Waals surface area contributed by atoms with Gasteiger partial charge in [-0.15, -0.1) is 0 Å². The van der Waals surface area contributed by atoms with Gasteiger partial charge in [0.1, 0.15) is 5.75 Å². The van der Waals surface area contributed by atoms with E-state index in [0.29, 0.717) is 26.0 Å². The summed E-state index contributed by atoms with van der Waals surface area (Å²) in [6, 6.07) is 7.88. The van der Waals surface area contributed by atoms with Crippen LogP contribution in [0.5, 0.6) is 5.75 Å². The maximum atomic E-state index is 11.5. The molecule has 1 amide bonds. The number of amides is 1. The van der Waals surface area contributed by atoms with E-state index < -0.39 is 0 Å². The number of hydrogen-bond acceptors (Lipinski definition) is 3. The molecule has 112 valence electrons. The summed E-state index contributed by atoms with van der Waals surface area (Å²) in [5, 5.41) is 11.9. The van der Waals surface area contributed by atoms with Crippen molar-refractivity contribution < 1.29 is 14.6 Å². The third-order valence-corrected chi connectivity index (χ3v) is 2.93. The van der Waals surface area contributed by atoms with Crippen LogP contribution in [-0.2, 0) is 4.79 Å². The van der Waals surface area contributed by atoms with Crippen LogP contribution in [0.25, 0.3) is 0 Å². The van der Waals surface area contributed by atoms with Crippen LogP contribution in [0, 0.1) is 6.92 Å². The van der Waals surface area contributed by atoms with Crippen molar-refractivity contribution in [3.8, 4) is 5.75 Å². The Kier molecular flexibility index (Phi) is 7.73. The average Bonchev–Trinajstić information content (AvgIpc) is 2.40. The van der Waals surface area contributed by atoms with Crippen molar-refractivity contribution >= 4 is 5.91 Å². The van der Waals surface area contributed by atoms with Crippen LogP contribution in [0.15, 0.2) is 24.3 Å². The molecule has 1 atom stereocenters. The van der Waals surface area contributed by atoms with Crippen LogP contribution < -0.4 is 10.1 Å². The molecule has 0 bridgehead atoms. The van der Waals surface area contributed by atoms with Gasteiger partial charge < -0.3 is 15.2 Å². The van der Waals surface area contributed by atoms with Gasteiger partial charge in [-0.2, -0.15) is 0 Å². The molecule has 1 aromatic rings. The zero-order valence-electron chi connectivity index (χ0n) is 12.4. The van der Waals surface area contributed by atoms with Crippen molar-refractivity contribution in [1.82, 2.24) is 5.32 Å². The van der Waals surface area contributed by atoms with Crippen LogP contribution in [-0.4, -0.2) is 30.3 Å². The number of carbonyl (C=O) groups excluding carboxylic acids is 1. The predicted octanol–water partition coefficient (Wildman–Crippen LogP) is 2.43. The second-order valence-corrected chi connectivity index (χ2v) is 5.11. The Morgan fingerprint density at radius 1 is 1.40 bits per heavy atom. The van der Waals surface area contributed by atoms with Crippen LogP contribution >= 0.6 is 0 Å². The summed E-state index contributed by atoms with van der Waals surface area (Å²) < 4.78 is 5.58. The van der Waals surface area contributed by atoms with Crippen LogP contribution in [0.4, 0.5) is 0 Å². The summed E-state index contributed by atoms with van der Waals surface area (Å²) in [4.78, 5) is 11.5. The number of aliphatic hydroxyl groups excluding tert-OH is 1. The van der Waals surface area contributed by atoms with E-state index in [4.69, 9.17) is 9.84 Å². The Hall–Kier alpha value is -1.55. The first-order valence-electron chi connectivity index (χ1n) is 7.22. The fourth-order valence-electron chi connectivity index (χ4n) is 1.84. The molecule has 0 aliphatic carbocycles. The molecule has 0 aliphatic rings. The SMILES string of the molecule is Cc1cccc(OCCCC(=O)NCCCC(C)O)c1. The maximum absolute atomic E-state index is 11.5. The third-order valence-electron chi connectivity index (χ3n) is 2.93. The molecular weight excluding hydrogens is 254 g/mol. The Bertz CT molecular complexity index is 404. The molecule has 0 radical (unpaired) electrons. The lowest BCUT2D eigenvalue weighted by atomic mass is 10.2. The standard InChI is InChI=1S/C16H25NO3/c1-13-6-3-8-15(12-13)20-11-5-9-16(19)17-10-4-7-14(2)18/h3,6,8,12,14,18H,4-5,7,9-11H2,1-2H3,(H,17,19). The molecule has 0 spiro atoms. The molecule has 4 nitrogen and oxygen atoms in total. The molecule has 20 heavy (non-hydrogen) atoms. The van der Waals surface area contributed by atoms with Gasteiger partial charge in [-0.05, 0) is 50.8 Å². The summed E-state index contributed by atoms with van der Waals surface area (Å²) in [7, 11) is 0. The Morgan fingerprint density at radius 3 is 2.90 bits per heavy atom. The maximum Gasteiger partial charge on any atom is 0.220 e. The highest BCUT2D eigenvalue weighted by atomic mass is 16.5. The van der Waals surface area contributed by atoms with Gasteiger partial charge in [0.2, 0.25) is 5.91 Å². The topological polar surface area (TPSA) is 58.6 Å². The number of ether oxygens (including phenoxy) is 1. The number of nitrogens with one attached hydrogen (secondary N) is 1. The average molecular weight is 279 g/mol. The van der Waals surface area contributed by atoms with Gasteiger partial charge in [0.25, 0.3) is 0 Å². The molecule has 1 aromatic carbocycles. The Balaban J connectivity index is 2.04. The van der Waals surface area contributed by atoms with E-state index >= 15 is 0 Å². The molecule has 1 rings (SSSR count). The first-order valence-corrected chi connectivity index (χ1v) is 7.22. The van der Waals surface area contributed by atoms with Crippen LogP contribution in [0.1, 0.15) is 38.2 Å². The van der Waals surface area contributed by atoms with Crippen molar-refractivity contribution in [2.24, 2.45) is 0 Å². The molecule has 0 aliphatic heterocycles. The number of aryl methyl sites for hydroxylation is 1. The number of carbonyl (C=O) groups is 1. The van der Waals surface area contributed by atoms with Gasteiger partial charge in [-0.25, -0.2) is 0 Å². The second kappa shape index (κ2) is 9.37. The van der Waals surface area contributed by atoms with Gasteiger partial charge >= 0.3 is 0 Å². The van der Waals surface area contributed by atoms with E-state index in [9.17, 15) is 4.79 Å². The summed E-state index contributed by atoms with van der Waals surface area (Å²) in [5.41, 5.74) is 1.17. The number of aliphatic hydroxyl groups is 1. The normalized spacial score (nSPS) is 11.9. The molecule has 4 heteroatoms. The Labute approximate surface area is 121 Å². The smallest absolute Gasteiger partial charge is 0.220 e.